The van der Waals surface area contributed by atoms with Crippen molar-refractivity contribution in [2.75, 3.05) is 0 Å². The topological polar surface area (TPSA) is 38.0 Å². The number of hydrogen-bond acceptors (Lipinski definition) is 2. The van der Waals surface area contributed by atoms with Gasteiger partial charge in [-0.1, -0.05) is 61.3 Å². The molecule has 2 aromatic carbocycles. The van der Waals surface area contributed by atoms with Gasteiger partial charge >= 0.3 is 0 Å². The Morgan fingerprint density at radius 2 is 1.79 bits per heavy atom. The van der Waals surface area contributed by atoms with Crippen LogP contribution in [0.25, 0.3) is 0 Å². The van der Waals surface area contributed by atoms with E-state index in [1.165, 1.54) is 5.56 Å². The van der Waals surface area contributed by atoms with Crippen molar-refractivity contribution in [2.24, 2.45) is 5.84 Å². The monoisotopic (exact) mass is 274 g/mol. The second-order valence-electron chi connectivity index (χ2n) is 4.65. The molecule has 0 aliphatic heterocycles. The average Bonchev–Trinajstić information content (AvgIpc) is 2.41. The maximum Gasteiger partial charge on any atom is 0.0710 e. The third-order valence-corrected chi connectivity index (χ3v) is 3.41. The zero-order valence-corrected chi connectivity index (χ0v) is 11.8. The summed E-state index contributed by atoms with van der Waals surface area (Å²) in [4.78, 5) is 0. The predicted octanol–water partition coefficient (Wildman–Crippen LogP) is 3.85. The summed E-state index contributed by atoms with van der Waals surface area (Å²) in [6, 6.07) is 16.3. The maximum atomic E-state index is 6.05. The van der Waals surface area contributed by atoms with Crippen molar-refractivity contribution >= 4 is 11.6 Å². The highest BCUT2D eigenvalue weighted by atomic mass is 35.5. The first kappa shape index (κ1) is 14.1. The third-order valence-electron chi connectivity index (χ3n) is 3.17. The van der Waals surface area contributed by atoms with Gasteiger partial charge < -0.3 is 0 Å². The van der Waals surface area contributed by atoms with Crippen LogP contribution in [0.3, 0.4) is 0 Å². The van der Waals surface area contributed by atoms with Gasteiger partial charge in [0, 0.05) is 5.02 Å². The Hall–Kier alpha value is -1.35. The number of aryl methyl sites for hydroxylation is 1. The molecule has 1 unspecified atom stereocenters. The lowest BCUT2D eigenvalue weighted by Gasteiger charge is -2.18. The molecule has 19 heavy (non-hydrogen) atoms. The van der Waals surface area contributed by atoms with Gasteiger partial charge in [-0.25, -0.2) is 5.43 Å². The second-order valence-corrected chi connectivity index (χ2v) is 5.09. The van der Waals surface area contributed by atoms with Crippen LogP contribution in [0.15, 0.2) is 48.5 Å². The Morgan fingerprint density at radius 1 is 1.11 bits per heavy atom. The molecule has 0 fully saturated rings. The van der Waals surface area contributed by atoms with E-state index < -0.39 is 0 Å². The van der Waals surface area contributed by atoms with E-state index in [4.69, 9.17) is 17.4 Å². The van der Waals surface area contributed by atoms with E-state index in [1.54, 1.807) is 0 Å². The molecule has 0 radical (unpaired) electrons. The molecule has 0 aliphatic carbocycles. The largest absolute Gasteiger partial charge is 0.271 e. The molecule has 3 N–H and O–H groups in total. The number of hydrogen-bond donors (Lipinski definition) is 2. The highest BCUT2D eigenvalue weighted by Gasteiger charge is 2.12. The molecule has 0 aromatic heterocycles. The Labute approximate surface area is 119 Å². The van der Waals surface area contributed by atoms with Gasteiger partial charge in [-0.2, -0.15) is 0 Å². The fraction of sp³-hybridized carbons (Fsp3) is 0.250. The summed E-state index contributed by atoms with van der Waals surface area (Å²) in [6.07, 6.45) is 2.22. The summed E-state index contributed by atoms with van der Waals surface area (Å²) in [5.41, 5.74) is 6.44. The molecule has 0 saturated carbocycles. The van der Waals surface area contributed by atoms with Crippen molar-refractivity contribution in [2.45, 2.75) is 25.8 Å². The first-order valence-electron chi connectivity index (χ1n) is 6.55. The van der Waals surface area contributed by atoms with Crippen LogP contribution in [0.1, 0.15) is 36.1 Å². The van der Waals surface area contributed by atoms with Crippen LogP contribution in [-0.4, -0.2) is 0 Å². The van der Waals surface area contributed by atoms with E-state index >= 15 is 0 Å². The molecule has 0 saturated heterocycles. The number of benzene rings is 2. The number of rotatable bonds is 5. The molecule has 2 rings (SSSR count). The van der Waals surface area contributed by atoms with Crippen molar-refractivity contribution in [1.29, 1.82) is 0 Å². The van der Waals surface area contributed by atoms with Crippen LogP contribution < -0.4 is 11.3 Å². The van der Waals surface area contributed by atoms with E-state index in [9.17, 15) is 0 Å². The van der Waals surface area contributed by atoms with Crippen molar-refractivity contribution in [1.82, 2.24) is 5.43 Å². The summed E-state index contributed by atoms with van der Waals surface area (Å²) < 4.78 is 0. The third kappa shape index (κ3) is 3.57. The Morgan fingerprint density at radius 3 is 2.42 bits per heavy atom. The SMILES string of the molecule is CCCc1cccc(C(NN)c2cccc(Cl)c2)c1. The van der Waals surface area contributed by atoms with Gasteiger partial charge in [-0.3, -0.25) is 5.84 Å². The van der Waals surface area contributed by atoms with E-state index in [0.29, 0.717) is 0 Å². The standard InChI is InChI=1S/C16H19ClN2/c1-2-5-12-6-3-7-13(10-12)16(19-18)14-8-4-9-15(17)11-14/h3-4,6-11,16,19H,2,5,18H2,1H3. The first-order valence-corrected chi connectivity index (χ1v) is 6.93. The van der Waals surface area contributed by atoms with Gasteiger partial charge in [-0.05, 0) is 35.2 Å². The molecular formula is C16H19ClN2. The predicted molar refractivity (Wildman–Crippen MR) is 81.1 cm³/mol. The molecular weight excluding hydrogens is 256 g/mol. The minimum atomic E-state index is -0.0319. The average molecular weight is 275 g/mol. The highest BCUT2D eigenvalue weighted by Crippen LogP contribution is 2.24. The van der Waals surface area contributed by atoms with Crippen LogP contribution in [-0.2, 0) is 6.42 Å². The zero-order chi connectivity index (χ0) is 13.7. The van der Waals surface area contributed by atoms with E-state index in [-0.39, 0.29) is 6.04 Å². The fourth-order valence-electron chi connectivity index (χ4n) is 2.29. The Balaban J connectivity index is 2.33. The van der Waals surface area contributed by atoms with Crippen molar-refractivity contribution in [3.05, 3.63) is 70.2 Å². The Bertz CT molecular complexity index is 540. The smallest absolute Gasteiger partial charge is 0.0710 e. The van der Waals surface area contributed by atoms with E-state index in [1.807, 2.05) is 24.3 Å². The zero-order valence-electron chi connectivity index (χ0n) is 11.1. The quantitative estimate of drug-likeness (QED) is 0.642. The summed E-state index contributed by atoms with van der Waals surface area (Å²) in [5.74, 6) is 5.72. The van der Waals surface area contributed by atoms with Crippen LogP contribution >= 0.6 is 11.6 Å². The van der Waals surface area contributed by atoms with Crippen LogP contribution in [0, 0.1) is 0 Å². The molecule has 0 heterocycles. The summed E-state index contributed by atoms with van der Waals surface area (Å²) in [7, 11) is 0. The van der Waals surface area contributed by atoms with Gasteiger partial charge in [0.15, 0.2) is 0 Å². The molecule has 0 amide bonds. The van der Waals surface area contributed by atoms with Crippen molar-refractivity contribution in [3.8, 4) is 0 Å². The fourth-order valence-corrected chi connectivity index (χ4v) is 2.49. The van der Waals surface area contributed by atoms with Crippen LogP contribution in [0.2, 0.25) is 5.02 Å². The molecule has 2 aromatic rings. The lowest BCUT2D eigenvalue weighted by atomic mass is 9.96. The lowest BCUT2D eigenvalue weighted by molar-refractivity contribution is 0.636. The lowest BCUT2D eigenvalue weighted by Crippen LogP contribution is -2.28. The maximum absolute atomic E-state index is 6.05. The highest BCUT2D eigenvalue weighted by molar-refractivity contribution is 6.30. The molecule has 2 nitrogen and oxygen atoms in total. The summed E-state index contributed by atoms with van der Waals surface area (Å²) >= 11 is 6.05. The molecule has 0 aliphatic rings. The molecule has 100 valence electrons. The second kappa shape index (κ2) is 6.71. The van der Waals surface area contributed by atoms with Gasteiger partial charge in [0.2, 0.25) is 0 Å². The van der Waals surface area contributed by atoms with Gasteiger partial charge in [0.05, 0.1) is 6.04 Å². The van der Waals surface area contributed by atoms with E-state index in [0.717, 1.165) is 29.0 Å². The van der Waals surface area contributed by atoms with Gasteiger partial charge in [0.25, 0.3) is 0 Å². The van der Waals surface area contributed by atoms with Crippen LogP contribution in [0.4, 0.5) is 0 Å². The summed E-state index contributed by atoms with van der Waals surface area (Å²) in [6.45, 7) is 2.18. The number of hydrazine groups is 1. The minimum absolute atomic E-state index is 0.0319. The number of halogens is 1. The number of nitrogens with two attached hydrogens (primary N) is 1. The number of nitrogens with one attached hydrogen (secondary N) is 1. The van der Waals surface area contributed by atoms with Crippen LogP contribution in [0.5, 0.6) is 0 Å². The molecule has 3 heteroatoms. The van der Waals surface area contributed by atoms with E-state index in [2.05, 4.69) is 36.6 Å². The van der Waals surface area contributed by atoms with Crippen molar-refractivity contribution < 1.29 is 0 Å². The minimum Gasteiger partial charge on any atom is -0.271 e. The Kier molecular flexibility index (Phi) is 4.97. The molecule has 1 atom stereocenters. The normalized spacial score (nSPS) is 12.4. The summed E-state index contributed by atoms with van der Waals surface area (Å²) in [5, 5.41) is 0.725. The first-order chi connectivity index (χ1) is 9.24. The van der Waals surface area contributed by atoms with Gasteiger partial charge in [0.1, 0.15) is 0 Å². The van der Waals surface area contributed by atoms with Crippen molar-refractivity contribution in [3.63, 3.8) is 0 Å². The molecule has 0 spiro atoms. The molecule has 0 bridgehead atoms. The van der Waals surface area contributed by atoms with Gasteiger partial charge in [-0.15, -0.1) is 0 Å².